The smallest absolute Gasteiger partial charge is 0.261 e. The minimum atomic E-state index is -1.09. The quantitative estimate of drug-likeness (QED) is 0.189. The predicted octanol–water partition coefficient (Wildman–Crippen LogP) is 5.21. The molecule has 2 unspecified atom stereocenters. The summed E-state index contributed by atoms with van der Waals surface area (Å²) in [6.45, 7) is 3.77. The average Bonchev–Trinajstić information content (AvgIpc) is 3.96. The summed E-state index contributed by atoms with van der Waals surface area (Å²) in [6.07, 6.45) is 3.73. The van der Waals surface area contributed by atoms with E-state index in [4.69, 9.17) is 9.47 Å². The van der Waals surface area contributed by atoms with E-state index in [9.17, 15) is 29.1 Å². The van der Waals surface area contributed by atoms with Crippen molar-refractivity contribution in [3.63, 3.8) is 0 Å². The highest BCUT2D eigenvalue weighted by Crippen LogP contribution is 2.41. The maximum atomic E-state index is 15.1. The third-order valence-electron chi connectivity index (χ3n) is 12.5. The van der Waals surface area contributed by atoms with E-state index < -0.39 is 23.2 Å². The number of piperidine rings is 2. The van der Waals surface area contributed by atoms with E-state index in [1.165, 1.54) is 24.5 Å². The van der Waals surface area contributed by atoms with Crippen LogP contribution >= 0.6 is 12.1 Å². The highest BCUT2D eigenvalue weighted by Gasteiger charge is 2.45. The SMILES string of the molecule is N#Cc1c(NSN2CCC(F)C2)ccc(F)c1Oc1ccc2ncn(C3COC4(CCN(C(=O)CC5(O)CCN(c6ccc7c(c6)CNC7=O)CC5)CC4)C3)c(=O)c2c1. The number of hydrogen-bond donors (Lipinski definition) is 3. The second-order valence-corrected chi connectivity index (χ2v) is 17.2. The Morgan fingerprint density at radius 1 is 1.08 bits per heavy atom. The van der Waals surface area contributed by atoms with Crippen LogP contribution in [0.15, 0.2) is 59.7 Å². The monoisotopic (exact) mass is 826 g/mol. The molecule has 2 amide bonds. The second kappa shape index (κ2) is 15.7. The lowest BCUT2D eigenvalue weighted by atomic mass is 9.85. The van der Waals surface area contributed by atoms with Crippen molar-refractivity contribution in [1.29, 1.82) is 5.26 Å². The van der Waals surface area contributed by atoms with E-state index in [-0.39, 0.29) is 58.8 Å². The highest BCUT2D eigenvalue weighted by molar-refractivity contribution is 7.98. The summed E-state index contributed by atoms with van der Waals surface area (Å²) in [5.74, 6) is -1.04. The zero-order valence-corrected chi connectivity index (χ0v) is 33.1. The van der Waals surface area contributed by atoms with Gasteiger partial charge in [-0.25, -0.2) is 18.1 Å². The molecule has 1 spiro atoms. The molecule has 59 heavy (non-hydrogen) atoms. The van der Waals surface area contributed by atoms with Crippen LogP contribution in [-0.2, 0) is 16.1 Å². The Kier molecular flexibility index (Phi) is 10.4. The normalized spacial score (nSPS) is 22.4. The van der Waals surface area contributed by atoms with Gasteiger partial charge in [-0.05, 0) is 92.6 Å². The van der Waals surface area contributed by atoms with Gasteiger partial charge in [-0.1, -0.05) is 0 Å². The molecule has 17 heteroatoms. The van der Waals surface area contributed by atoms with Gasteiger partial charge in [-0.3, -0.25) is 19.0 Å². The lowest BCUT2D eigenvalue weighted by Gasteiger charge is -2.42. The number of halogens is 2. The van der Waals surface area contributed by atoms with Crippen LogP contribution in [0.2, 0.25) is 0 Å². The lowest BCUT2D eigenvalue weighted by Crippen LogP contribution is -2.51. The van der Waals surface area contributed by atoms with E-state index in [1.54, 1.807) is 21.0 Å². The Morgan fingerprint density at radius 3 is 2.66 bits per heavy atom. The maximum absolute atomic E-state index is 15.1. The standard InChI is InChI=1S/C42H44F2N8O6S/c43-27-7-12-51(23-27)59-48-36-6-4-34(44)38(33(36)21-45)58-30-2-5-35-32(18-30)40(55)52(25-47-35)29-19-42(57-24-29)10-15-50(16-11-42)37(53)20-41(56)8-13-49(14-9-41)28-1-3-31-26(17-28)22-46-39(31)54/h1-6,17-18,25,27,29,48,56H,7-16,19-20,22-24H2,(H,46,54). The first-order valence-corrected chi connectivity index (χ1v) is 20.8. The first-order chi connectivity index (χ1) is 28.5. The summed E-state index contributed by atoms with van der Waals surface area (Å²) in [4.78, 5) is 47.9. The van der Waals surface area contributed by atoms with Crippen LogP contribution < -0.4 is 25.2 Å². The molecular weight excluding hydrogens is 783 g/mol. The number of aliphatic hydroxyl groups is 1. The molecule has 4 aromatic rings. The fourth-order valence-electron chi connectivity index (χ4n) is 8.97. The Morgan fingerprint density at radius 2 is 1.90 bits per heavy atom. The van der Waals surface area contributed by atoms with Crippen LogP contribution in [-0.4, -0.2) is 98.9 Å². The molecule has 4 fully saturated rings. The van der Waals surface area contributed by atoms with E-state index in [0.717, 1.165) is 23.4 Å². The number of anilines is 2. The van der Waals surface area contributed by atoms with Gasteiger partial charge in [0.05, 0.1) is 53.2 Å². The number of carbonyl (C=O) groups is 2. The van der Waals surface area contributed by atoms with E-state index in [2.05, 4.69) is 19.9 Å². The number of nitrogens with one attached hydrogen (secondary N) is 2. The molecule has 2 atom stereocenters. The number of hydrogen-bond acceptors (Lipinski definition) is 12. The molecule has 0 saturated carbocycles. The van der Waals surface area contributed by atoms with Gasteiger partial charge in [0.1, 0.15) is 23.6 Å². The molecular formula is C42H44F2N8O6S. The van der Waals surface area contributed by atoms with Crippen molar-refractivity contribution in [2.24, 2.45) is 0 Å². The number of nitriles is 1. The number of ether oxygens (including phenoxy) is 2. The van der Waals surface area contributed by atoms with Crippen molar-refractivity contribution < 1.29 is 33.0 Å². The van der Waals surface area contributed by atoms with Crippen LogP contribution in [0, 0.1) is 17.1 Å². The first-order valence-electron chi connectivity index (χ1n) is 20.0. The number of aromatic nitrogens is 2. The molecule has 6 heterocycles. The number of likely N-dealkylation sites (tertiary alicyclic amines) is 1. The second-order valence-electron chi connectivity index (χ2n) is 16.3. The third-order valence-corrected chi connectivity index (χ3v) is 13.4. The summed E-state index contributed by atoms with van der Waals surface area (Å²) in [5, 5.41) is 24.5. The van der Waals surface area contributed by atoms with Crippen LogP contribution in [0.1, 0.15) is 72.5 Å². The Hall–Kier alpha value is -5.28. The van der Waals surface area contributed by atoms with Crippen molar-refractivity contribution in [1.82, 2.24) is 24.1 Å². The van der Waals surface area contributed by atoms with Gasteiger partial charge in [0.2, 0.25) is 5.91 Å². The summed E-state index contributed by atoms with van der Waals surface area (Å²) in [6, 6.07) is 14.8. The topological polar surface area (TPSA) is 165 Å². The average molecular weight is 827 g/mol. The lowest BCUT2D eigenvalue weighted by molar-refractivity contribution is -0.141. The van der Waals surface area contributed by atoms with Crippen molar-refractivity contribution in [2.45, 2.75) is 74.9 Å². The fraction of sp³-hybridized carbons (Fsp3) is 0.452. The Bertz CT molecular complexity index is 2410. The fourth-order valence-corrected chi connectivity index (χ4v) is 9.80. The largest absolute Gasteiger partial charge is 0.453 e. The van der Waals surface area contributed by atoms with Gasteiger partial charge in [-0.15, -0.1) is 0 Å². The molecule has 308 valence electrons. The molecule has 3 N–H and O–H groups in total. The third kappa shape index (κ3) is 7.82. The zero-order valence-electron chi connectivity index (χ0n) is 32.3. The van der Waals surface area contributed by atoms with Crippen LogP contribution in [0.3, 0.4) is 0 Å². The highest BCUT2D eigenvalue weighted by atomic mass is 32.2. The van der Waals surface area contributed by atoms with Gasteiger partial charge < -0.3 is 34.4 Å². The van der Waals surface area contributed by atoms with E-state index >= 15 is 4.39 Å². The minimum Gasteiger partial charge on any atom is -0.453 e. The number of nitrogens with zero attached hydrogens (tertiary/aromatic N) is 6. The molecule has 3 aromatic carbocycles. The molecule has 0 aliphatic carbocycles. The molecule has 14 nitrogen and oxygen atoms in total. The minimum absolute atomic E-state index is 0.0519. The molecule has 0 radical (unpaired) electrons. The van der Waals surface area contributed by atoms with E-state index in [0.29, 0.717) is 101 Å². The molecule has 4 saturated heterocycles. The zero-order chi connectivity index (χ0) is 40.9. The number of fused-ring (bicyclic) bond motifs is 2. The number of amides is 2. The number of carbonyl (C=O) groups excluding carboxylic acids is 2. The summed E-state index contributed by atoms with van der Waals surface area (Å²) >= 11 is 1.14. The van der Waals surface area contributed by atoms with Crippen molar-refractivity contribution in [2.75, 3.05) is 55.5 Å². The van der Waals surface area contributed by atoms with Gasteiger partial charge in [0.15, 0.2) is 11.6 Å². The number of benzene rings is 3. The van der Waals surface area contributed by atoms with Gasteiger partial charge in [-0.2, -0.15) is 5.26 Å². The van der Waals surface area contributed by atoms with Crippen LogP contribution in [0.4, 0.5) is 20.2 Å². The summed E-state index contributed by atoms with van der Waals surface area (Å²) < 4.78 is 47.4. The number of alkyl halides is 1. The first kappa shape index (κ1) is 39.2. The van der Waals surface area contributed by atoms with Gasteiger partial charge in [0.25, 0.3) is 11.5 Å². The molecule has 9 rings (SSSR count). The molecule has 5 aliphatic rings. The van der Waals surface area contributed by atoms with Crippen LogP contribution in [0.25, 0.3) is 10.9 Å². The van der Waals surface area contributed by atoms with Crippen molar-refractivity contribution in [3.05, 3.63) is 87.7 Å². The Labute approximate surface area is 343 Å². The van der Waals surface area contributed by atoms with Crippen molar-refractivity contribution >= 4 is 46.2 Å². The molecule has 1 aromatic heterocycles. The van der Waals surface area contributed by atoms with Crippen LogP contribution in [0.5, 0.6) is 11.5 Å². The van der Waals surface area contributed by atoms with Gasteiger partial charge >= 0.3 is 0 Å². The molecule has 0 bridgehead atoms. The summed E-state index contributed by atoms with van der Waals surface area (Å²) in [7, 11) is 0. The Balaban J connectivity index is 0.812. The predicted molar refractivity (Wildman–Crippen MR) is 216 cm³/mol. The maximum Gasteiger partial charge on any atom is 0.261 e. The van der Waals surface area contributed by atoms with E-state index in [1.807, 2.05) is 29.2 Å². The number of rotatable bonds is 9. The molecule has 5 aliphatic heterocycles. The van der Waals surface area contributed by atoms with Crippen molar-refractivity contribution in [3.8, 4) is 17.6 Å². The van der Waals surface area contributed by atoms with Gasteiger partial charge in [0, 0.05) is 69.2 Å². The summed E-state index contributed by atoms with van der Waals surface area (Å²) in [5.41, 5.74) is 1.43.